The Bertz CT molecular complexity index is 355. The van der Waals surface area contributed by atoms with Gasteiger partial charge < -0.3 is 24.1 Å². The molecule has 1 aromatic carbocycles. The highest BCUT2D eigenvalue weighted by Gasteiger charge is 2.10. The molecule has 0 spiro atoms. The van der Waals surface area contributed by atoms with Crippen LogP contribution < -0.4 is 4.74 Å². The maximum atomic E-state index is 8.83. The van der Waals surface area contributed by atoms with Gasteiger partial charge >= 0.3 is 0 Å². The maximum Gasteiger partial charge on any atom is 0.119 e. The SMILES string of the molecule is C=CCOCCOCC(COc1ccccc1)OCCO. The number of benzene rings is 1. The molecule has 0 aliphatic rings. The van der Waals surface area contributed by atoms with Crippen LogP contribution in [0.4, 0.5) is 0 Å². The van der Waals surface area contributed by atoms with E-state index in [1.54, 1.807) is 6.08 Å². The predicted octanol–water partition coefficient (Wildman–Crippen LogP) is 1.66. The van der Waals surface area contributed by atoms with Crippen molar-refractivity contribution in [3.63, 3.8) is 0 Å². The Balaban J connectivity index is 2.21. The van der Waals surface area contributed by atoms with Crippen LogP contribution in [0.5, 0.6) is 5.75 Å². The van der Waals surface area contributed by atoms with Crippen LogP contribution in [0.15, 0.2) is 43.0 Å². The molecule has 1 N–H and O–H groups in total. The monoisotopic (exact) mass is 296 g/mol. The van der Waals surface area contributed by atoms with Gasteiger partial charge in [0.1, 0.15) is 18.5 Å². The lowest BCUT2D eigenvalue weighted by Crippen LogP contribution is -2.29. The fourth-order valence-corrected chi connectivity index (χ4v) is 1.57. The lowest BCUT2D eigenvalue weighted by atomic mass is 10.3. The molecule has 0 aromatic heterocycles. The number of ether oxygens (including phenoxy) is 4. The van der Waals surface area contributed by atoms with E-state index in [1.165, 1.54) is 0 Å². The maximum absolute atomic E-state index is 8.83. The largest absolute Gasteiger partial charge is 0.491 e. The van der Waals surface area contributed by atoms with Crippen molar-refractivity contribution in [2.24, 2.45) is 0 Å². The van der Waals surface area contributed by atoms with E-state index in [1.807, 2.05) is 30.3 Å². The van der Waals surface area contributed by atoms with Gasteiger partial charge in [0, 0.05) is 0 Å². The Labute approximate surface area is 126 Å². The molecule has 0 aliphatic heterocycles. The summed E-state index contributed by atoms with van der Waals surface area (Å²) in [6.07, 6.45) is 1.47. The molecule has 0 aliphatic carbocycles. The van der Waals surface area contributed by atoms with Crippen molar-refractivity contribution >= 4 is 0 Å². The smallest absolute Gasteiger partial charge is 0.119 e. The van der Waals surface area contributed by atoms with Gasteiger partial charge in [0.15, 0.2) is 0 Å². The van der Waals surface area contributed by atoms with Crippen molar-refractivity contribution in [3.05, 3.63) is 43.0 Å². The molecule has 5 nitrogen and oxygen atoms in total. The van der Waals surface area contributed by atoms with Gasteiger partial charge in [-0.25, -0.2) is 0 Å². The second kappa shape index (κ2) is 12.3. The first-order chi connectivity index (χ1) is 10.4. The van der Waals surface area contributed by atoms with Gasteiger partial charge in [-0.1, -0.05) is 24.3 Å². The van der Waals surface area contributed by atoms with Crippen LogP contribution in [0.3, 0.4) is 0 Å². The zero-order chi connectivity index (χ0) is 15.2. The van der Waals surface area contributed by atoms with Gasteiger partial charge in [-0.3, -0.25) is 0 Å². The summed E-state index contributed by atoms with van der Waals surface area (Å²) in [5, 5.41) is 8.83. The van der Waals surface area contributed by atoms with E-state index in [0.29, 0.717) is 33.0 Å². The molecule has 1 unspecified atom stereocenters. The van der Waals surface area contributed by atoms with Crippen LogP contribution in [-0.2, 0) is 14.2 Å². The van der Waals surface area contributed by atoms with Crippen molar-refractivity contribution in [2.45, 2.75) is 6.10 Å². The van der Waals surface area contributed by atoms with E-state index in [4.69, 9.17) is 24.1 Å². The molecule has 0 bridgehead atoms. The van der Waals surface area contributed by atoms with Gasteiger partial charge in [-0.2, -0.15) is 0 Å². The molecule has 0 heterocycles. The molecule has 118 valence electrons. The minimum Gasteiger partial charge on any atom is -0.491 e. The second-order valence-electron chi connectivity index (χ2n) is 4.28. The third kappa shape index (κ3) is 9.20. The fourth-order valence-electron chi connectivity index (χ4n) is 1.57. The molecule has 0 amide bonds. The summed E-state index contributed by atoms with van der Waals surface area (Å²) >= 11 is 0. The molecule has 1 aromatic rings. The summed E-state index contributed by atoms with van der Waals surface area (Å²) in [6.45, 7) is 6.09. The standard InChI is InChI=1S/C16H24O5/c1-2-9-18-11-12-19-13-16(20-10-8-17)14-21-15-6-4-3-5-7-15/h2-7,16-17H,1,8-14H2. The molecule has 1 atom stereocenters. The van der Waals surface area contributed by atoms with Crippen LogP contribution in [0.1, 0.15) is 0 Å². The topological polar surface area (TPSA) is 57.2 Å². The Morgan fingerprint density at radius 1 is 1.05 bits per heavy atom. The average Bonchev–Trinajstić information content (AvgIpc) is 2.53. The van der Waals surface area contributed by atoms with E-state index in [-0.39, 0.29) is 19.3 Å². The zero-order valence-electron chi connectivity index (χ0n) is 12.3. The van der Waals surface area contributed by atoms with Crippen LogP contribution >= 0.6 is 0 Å². The van der Waals surface area contributed by atoms with Gasteiger partial charge in [0.2, 0.25) is 0 Å². The molecular formula is C16H24O5. The average molecular weight is 296 g/mol. The van der Waals surface area contributed by atoms with Crippen molar-refractivity contribution in [2.75, 3.05) is 46.2 Å². The molecular weight excluding hydrogens is 272 g/mol. The summed E-state index contributed by atoms with van der Waals surface area (Å²) in [6, 6.07) is 9.51. The molecule has 0 fully saturated rings. The fraction of sp³-hybridized carbons (Fsp3) is 0.500. The Morgan fingerprint density at radius 2 is 1.81 bits per heavy atom. The summed E-state index contributed by atoms with van der Waals surface area (Å²) in [5.74, 6) is 0.782. The minimum atomic E-state index is -0.225. The molecule has 0 saturated carbocycles. The molecule has 0 saturated heterocycles. The summed E-state index contributed by atoms with van der Waals surface area (Å²) < 4.78 is 21.8. The quantitative estimate of drug-likeness (QED) is 0.443. The Hall–Kier alpha value is -1.40. The number of para-hydroxylation sites is 1. The van der Waals surface area contributed by atoms with E-state index in [9.17, 15) is 0 Å². The van der Waals surface area contributed by atoms with Crippen molar-refractivity contribution in [1.82, 2.24) is 0 Å². The van der Waals surface area contributed by atoms with Crippen molar-refractivity contribution < 1.29 is 24.1 Å². The van der Waals surface area contributed by atoms with Crippen LogP contribution in [-0.4, -0.2) is 57.5 Å². The van der Waals surface area contributed by atoms with Gasteiger partial charge in [0.25, 0.3) is 0 Å². The predicted molar refractivity (Wildman–Crippen MR) is 80.6 cm³/mol. The Kier molecular flexibility index (Phi) is 10.4. The second-order valence-corrected chi connectivity index (χ2v) is 4.28. The third-order valence-electron chi connectivity index (χ3n) is 2.54. The molecule has 21 heavy (non-hydrogen) atoms. The highest BCUT2D eigenvalue weighted by Crippen LogP contribution is 2.09. The first kappa shape index (κ1) is 17.7. The first-order valence-electron chi connectivity index (χ1n) is 7.03. The van der Waals surface area contributed by atoms with E-state index >= 15 is 0 Å². The van der Waals surface area contributed by atoms with Crippen LogP contribution in [0.2, 0.25) is 0 Å². The molecule has 0 radical (unpaired) electrons. The van der Waals surface area contributed by atoms with Gasteiger partial charge in [-0.05, 0) is 12.1 Å². The lowest BCUT2D eigenvalue weighted by molar-refractivity contribution is -0.0541. The Morgan fingerprint density at radius 3 is 2.52 bits per heavy atom. The highest BCUT2D eigenvalue weighted by molar-refractivity contribution is 5.20. The normalized spacial score (nSPS) is 12.0. The number of hydrogen-bond donors (Lipinski definition) is 1. The summed E-state index contributed by atoms with van der Waals surface area (Å²) in [7, 11) is 0. The number of aliphatic hydroxyl groups is 1. The van der Waals surface area contributed by atoms with Crippen molar-refractivity contribution in [1.29, 1.82) is 0 Å². The van der Waals surface area contributed by atoms with E-state index < -0.39 is 0 Å². The highest BCUT2D eigenvalue weighted by atomic mass is 16.6. The van der Waals surface area contributed by atoms with Gasteiger partial charge in [-0.15, -0.1) is 6.58 Å². The number of hydrogen-bond acceptors (Lipinski definition) is 5. The lowest BCUT2D eigenvalue weighted by Gasteiger charge is -2.18. The third-order valence-corrected chi connectivity index (χ3v) is 2.54. The molecule has 5 heteroatoms. The molecule has 1 rings (SSSR count). The van der Waals surface area contributed by atoms with Crippen LogP contribution in [0, 0.1) is 0 Å². The first-order valence-corrected chi connectivity index (χ1v) is 7.03. The van der Waals surface area contributed by atoms with Gasteiger partial charge in [0.05, 0.1) is 39.6 Å². The van der Waals surface area contributed by atoms with E-state index in [0.717, 1.165) is 5.75 Å². The number of aliphatic hydroxyl groups excluding tert-OH is 1. The zero-order valence-corrected chi connectivity index (χ0v) is 12.3. The van der Waals surface area contributed by atoms with E-state index in [2.05, 4.69) is 6.58 Å². The minimum absolute atomic E-state index is 0.0235. The van der Waals surface area contributed by atoms with Crippen molar-refractivity contribution in [3.8, 4) is 5.75 Å². The summed E-state index contributed by atoms with van der Waals surface area (Å²) in [4.78, 5) is 0. The summed E-state index contributed by atoms with van der Waals surface area (Å²) in [5.41, 5.74) is 0. The van der Waals surface area contributed by atoms with Crippen LogP contribution in [0.25, 0.3) is 0 Å². The number of rotatable bonds is 13.